The molecule has 0 bridgehead atoms. The van der Waals surface area contributed by atoms with Crippen molar-refractivity contribution in [2.75, 3.05) is 13.2 Å². The number of aliphatic hydroxyl groups is 1. The fraction of sp³-hybridized carbons (Fsp3) is 0.367. The number of carbonyl (C=O) groups is 2. The van der Waals surface area contributed by atoms with Gasteiger partial charge in [-0.3, -0.25) is 9.59 Å². The third-order valence-corrected chi connectivity index (χ3v) is 7.02. The maximum atomic E-state index is 13.4. The van der Waals surface area contributed by atoms with Gasteiger partial charge in [0.25, 0.3) is 11.7 Å². The van der Waals surface area contributed by atoms with Crippen LogP contribution in [0.2, 0.25) is 0 Å². The Labute approximate surface area is 222 Å². The van der Waals surface area contributed by atoms with E-state index in [-0.39, 0.29) is 17.4 Å². The smallest absolute Gasteiger partial charge is 0.295 e. The summed E-state index contributed by atoms with van der Waals surface area (Å²) >= 11 is 0. The molecule has 5 rings (SSSR count). The molecular formula is C30H33N3O5. The van der Waals surface area contributed by atoms with E-state index in [1.165, 1.54) is 0 Å². The molecule has 2 aromatic carbocycles. The Balaban J connectivity index is 1.51. The van der Waals surface area contributed by atoms with Gasteiger partial charge in [-0.25, -0.2) is 4.98 Å². The fourth-order valence-corrected chi connectivity index (χ4v) is 5.13. The molecule has 1 amide bonds. The van der Waals surface area contributed by atoms with Gasteiger partial charge in [-0.05, 0) is 61.2 Å². The average molecular weight is 516 g/mol. The van der Waals surface area contributed by atoms with E-state index in [0.717, 1.165) is 36.1 Å². The van der Waals surface area contributed by atoms with Crippen LogP contribution in [0.1, 0.15) is 55.8 Å². The van der Waals surface area contributed by atoms with Gasteiger partial charge in [-0.1, -0.05) is 25.5 Å². The van der Waals surface area contributed by atoms with Crippen molar-refractivity contribution in [3.8, 4) is 11.5 Å². The summed E-state index contributed by atoms with van der Waals surface area (Å²) in [5, 5.41) is 11.5. The molecule has 1 N–H and O–H groups in total. The number of rotatable bonds is 10. The molecule has 0 spiro atoms. The van der Waals surface area contributed by atoms with E-state index in [2.05, 4.69) is 11.9 Å². The Morgan fingerprint density at radius 3 is 2.82 bits per heavy atom. The van der Waals surface area contributed by atoms with Crippen LogP contribution in [0.5, 0.6) is 11.5 Å². The molecule has 1 aromatic heterocycles. The Morgan fingerprint density at radius 1 is 1.16 bits per heavy atom. The van der Waals surface area contributed by atoms with Gasteiger partial charge in [0, 0.05) is 37.5 Å². The summed E-state index contributed by atoms with van der Waals surface area (Å²) in [6.45, 7) is 5.67. The van der Waals surface area contributed by atoms with Gasteiger partial charge in [-0.2, -0.15) is 0 Å². The molecule has 0 unspecified atom stereocenters. The first-order valence-electron chi connectivity index (χ1n) is 13.2. The second-order valence-corrected chi connectivity index (χ2v) is 9.88. The van der Waals surface area contributed by atoms with E-state index in [4.69, 9.17) is 9.47 Å². The van der Waals surface area contributed by atoms with Gasteiger partial charge in [0.05, 0.1) is 24.5 Å². The molecule has 1 fully saturated rings. The van der Waals surface area contributed by atoms with Gasteiger partial charge in [0.2, 0.25) is 0 Å². The van der Waals surface area contributed by atoms with Crippen molar-refractivity contribution < 1.29 is 24.2 Å². The minimum atomic E-state index is -0.726. The first-order valence-corrected chi connectivity index (χ1v) is 13.2. The number of aryl methyl sites for hydroxylation is 1. The molecule has 8 nitrogen and oxygen atoms in total. The SMILES string of the molecule is CCCCOc1cccc([C@H]2/C(=C(\O)c3ccc4c(c3)C[C@H](C)O4)C(=O)C(=O)N2CCCn2ccnc2)c1. The largest absolute Gasteiger partial charge is 0.507 e. The fourth-order valence-electron chi connectivity index (χ4n) is 5.13. The zero-order valence-electron chi connectivity index (χ0n) is 21.8. The van der Waals surface area contributed by atoms with Crippen LogP contribution in [0, 0.1) is 0 Å². The second kappa shape index (κ2) is 11.1. The molecule has 1 saturated heterocycles. The number of likely N-dealkylation sites (tertiary alicyclic amines) is 1. The molecule has 3 aromatic rings. The predicted molar refractivity (Wildman–Crippen MR) is 143 cm³/mol. The molecule has 3 heterocycles. The topological polar surface area (TPSA) is 93.9 Å². The normalized spacial score (nSPS) is 20.0. The molecule has 0 saturated carbocycles. The number of ether oxygens (including phenoxy) is 2. The molecule has 2 atom stereocenters. The van der Waals surface area contributed by atoms with E-state index in [0.29, 0.717) is 37.4 Å². The molecule has 0 radical (unpaired) electrons. The summed E-state index contributed by atoms with van der Waals surface area (Å²) in [6, 6.07) is 12.1. The Hall–Kier alpha value is -4.07. The monoisotopic (exact) mass is 515 g/mol. The summed E-state index contributed by atoms with van der Waals surface area (Å²) in [4.78, 5) is 32.4. The highest BCUT2D eigenvalue weighted by atomic mass is 16.5. The summed E-state index contributed by atoms with van der Waals surface area (Å²) in [7, 11) is 0. The van der Waals surface area contributed by atoms with Crippen LogP contribution in [0.15, 0.2) is 66.8 Å². The van der Waals surface area contributed by atoms with Crippen LogP contribution < -0.4 is 9.47 Å². The highest BCUT2D eigenvalue weighted by molar-refractivity contribution is 6.46. The first-order chi connectivity index (χ1) is 18.5. The van der Waals surface area contributed by atoms with Crippen molar-refractivity contribution in [2.45, 2.75) is 58.2 Å². The van der Waals surface area contributed by atoms with Gasteiger partial charge >= 0.3 is 0 Å². The number of aliphatic hydroxyl groups excluding tert-OH is 1. The Morgan fingerprint density at radius 2 is 2.03 bits per heavy atom. The molecular weight excluding hydrogens is 482 g/mol. The number of hydrogen-bond donors (Lipinski definition) is 1. The number of ketones is 1. The maximum Gasteiger partial charge on any atom is 0.295 e. The zero-order chi connectivity index (χ0) is 26.6. The molecule has 2 aliphatic rings. The van der Waals surface area contributed by atoms with Crippen molar-refractivity contribution in [1.29, 1.82) is 0 Å². The van der Waals surface area contributed by atoms with Crippen LogP contribution in [-0.2, 0) is 22.6 Å². The zero-order valence-corrected chi connectivity index (χ0v) is 21.8. The van der Waals surface area contributed by atoms with Crippen molar-refractivity contribution in [3.63, 3.8) is 0 Å². The van der Waals surface area contributed by atoms with Crippen LogP contribution in [0.25, 0.3) is 5.76 Å². The highest BCUT2D eigenvalue weighted by Gasteiger charge is 2.46. The van der Waals surface area contributed by atoms with Gasteiger partial charge in [-0.15, -0.1) is 0 Å². The van der Waals surface area contributed by atoms with Crippen molar-refractivity contribution in [2.24, 2.45) is 0 Å². The van der Waals surface area contributed by atoms with E-state index in [9.17, 15) is 14.7 Å². The third kappa shape index (κ3) is 5.16. The number of Topliss-reactive ketones (excluding diaryl/α,β-unsaturated/α-hetero) is 1. The minimum absolute atomic E-state index is 0.0546. The lowest BCUT2D eigenvalue weighted by Crippen LogP contribution is -2.31. The van der Waals surface area contributed by atoms with Gasteiger partial charge in [0.1, 0.15) is 23.4 Å². The number of imidazole rings is 1. The molecule has 0 aliphatic carbocycles. The quantitative estimate of drug-likeness (QED) is 0.179. The van der Waals surface area contributed by atoms with Crippen LogP contribution in [-0.4, -0.2) is 50.5 Å². The summed E-state index contributed by atoms with van der Waals surface area (Å²) < 4.78 is 13.6. The number of benzene rings is 2. The number of amides is 1. The van der Waals surface area contributed by atoms with E-state index < -0.39 is 17.7 Å². The lowest BCUT2D eigenvalue weighted by molar-refractivity contribution is -0.139. The van der Waals surface area contributed by atoms with Crippen molar-refractivity contribution in [3.05, 3.63) is 83.4 Å². The molecule has 2 aliphatic heterocycles. The maximum absolute atomic E-state index is 13.4. The lowest BCUT2D eigenvalue weighted by Gasteiger charge is -2.26. The number of unbranched alkanes of at least 4 members (excludes halogenated alkanes) is 1. The molecule has 38 heavy (non-hydrogen) atoms. The minimum Gasteiger partial charge on any atom is -0.507 e. The van der Waals surface area contributed by atoms with Crippen LogP contribution in [0.3, 0.4) is 0 Å². The number of nitrogens with zero attached hydrogens (tertiary/aromatic N) is 3. The molecule has 8 heteroatoms. The van der Waals surface area contributed by atoms with Crippen molar-refractivity contribution in [1.82, 2.24) is 14.5 Å². The Kier molecular flexibility index (Phi) is 7.49. The lowest BCUT2D eigenvalue weighted by atomic mass is 9.94. The third-order valence-electron chi connectivity index (χ3n) is 7.02. The number of hydrogen-bond acceptors (Lipinski definition) is 6. The van der Waals surface area contributed by atoms with E-state index in [1.807, 2.05) is 54.1 Å². The summed E-state index contributed by atoms with van der Waals surface area (Å²) in [5.74, 6) is -0.0219. The van der Waals surface area contributed by atoms with Gasteiger partial charge in [0.15, 0.2) is 0 Å². The number of carbonyl (C=O) groups excluding carboxylic acids is 2. The predicted octanol–water partition coefficient (Wildman–Crippen LogP) is 4.90. The van der Waals surface area contributed by atoms with Gasteiger partial charge < -0.3 is 24.0 Å². The standard InChI is InChI=1S/C30H33N3O5/c1-3-4-15-37-24-8-5-7-21(18-24)27-26(28(34)22-9-10-25-23(17-22)16-20(2)38-25)29(35)30(36)33(27)13-6-12-32-14-11-31-19-32/h5,7-11,14,17-20,27,34H,3-4,6,12-13,15-16H2,1-2H3/b28-26+/t20-,27-/m0/s1. The van der Waals surface area contributed by atoms with Crippen LogP contribution >= 0.6 is 0 Å². The average Bonchev–Trinajstić information content (AvgIpc) is 3.62. The number of aromatic nitrogens is 2. The van der Waals surface area contributed by atoms with Crippen molar-refractivity contribution >= 4 is 17.4 Å². The van der Waals surface area contributed by atoms with Crippen LogP contribution in [0.4, 0.5) is 0 Å². The Bertz CT molecular complexity index is 1350. The summed E-state index contributed by atoms with van der Waals surface area (Å²) in [5.41, 5.74) is 2.29. The summed E-state index contributed by atoms with van der Waals surface area (Å²) in [6.07, 6.45) is 8.64. The molecule has 198 valence electrons. The van der Waals surface area contributed by atoms with E-state index in [1.54, 1.807) is 23.5 Å². The number of fused-ring (bicyclic) bond motifs is 1. The highest BCUT2D eigenvalue weighted by Crippen LogP contribution is 2.41. The van der Waals surface area contributed by atoms with E-state index >= 15 is 0 Å². The first kappa shape index (κ1) is 25.6. The second-order valence-electron chi connectivity index (χ2n) is 9.88.